The minimum absolute atomic E-state index is 0.174. The van der Waals surface area contributed by atoms with E-state index in [0.717, 1.165) is 49.3 Å². The molecule has 2 saturated heterocycles. The normalized spacial score (nSPS) is 27.3. The lowest BCUT2D eigenvalue weighted by Gasteiger charge is -2.33. The molecule has 9 heteroatoms. The van der Waals surface area contributed by atoms with Crippen LogP contribution >= 0.6 is 11.3 Å². The van der Waals surface area contributed by atoms with Crippen LogP contribution in [0.25, 0.3) is 10.2 Å². The smallest absolute Gasteiger partial charge is 0.322 e. The van der Waals surface area contributed by atoms with Crippen LogP contribution in [0.3, 0.4) is 0 Å². The lowest BCUT2D eigenvalue weighted by Crippen LogP contribution is -2.53. The minimum Gasteiger partial charge on any atom is -0.322 e. The molecular formula is C23H29N5O3S. The SMILES string of the molecule is CC1CCC2(CC1)NC(=O)N(NC(=O)CN1CCC(c3nc4ccccc4s3)CC1)C2=O. The van der Waals surface area contributed by atoms with Gasteiger partial charge in [0.15, 0.2) is 0 Å². The van der Waals surface area contributed by atoms with E-state index in [-0.39, 0.29) is 18.4 Å². The Hall–Kier alpha value is -2.52. The Labute approximate surface area is 191 Å². The van der Waals surface area contributed by atoms with E-state index in [1.165, 1.54) is 9.71 Å². The summed E-state index contributed by atoms with van der Waals surface area (Å²) in [6.45, 7) is 3.91. The van der Waals surface area contributed by atoms with Crippen LogP contribution in [0.5, 0.6) is 0 Å². The number of nitrogens with one attached hydrogen (secondary N) is 2. The van der Waals surface area contributed by atoms with Crippen LogP contribution in [0.1, 0.15) is 56.4 Å². The quantitative estimate of drug-likeness (QED) is 0.691. The molecule has 1 saturated carbocycles. The zero-order valence-electron chi connectivity index (χ0n) is 18.3. The highest BCUT2D eigenvalue weighted by atomic mass is 32.1. The zero-order chi connectivity index (χ0) is 22.3. The van der Waals surface area contributed by atoms with Crippen LogP contribution in [-0.4, -0.2) is 57.9 Å². The fourth-order valence-corrected chi connectivity index (χ4v) is 6.22. The number of nitrogens with zero attached hydrogens (tertiary/aromatic N) is 3. The van der Waals surface area contributed by atoms with Crippen LogP contribution in [0.4, 0.5) is 4.79 Å². The van der Waals surface area contributed by atoms with Crippen molar-refractivity contribution in [3.05, 3.63) is 29.3 Å². The summed E-state index contributed by atoms with van der Waals surface area (Å²) < 4.78 is 1.21. The van der Waals surface area contributed by atoms with Crippen LogP contribution < -0.4 is 10.7 Å². The molecule has 1 aromatic heterocycles. The predicted molar refractivity (Wildman–Crippen MR) is 122 cm³/mol. The first-order valence-electron chi connectivity index (χ1n) is 11.5. The number of carbonyl (C=O) groups is 3. The standard InChI is InChI=1S/C23H29N5O3S/c1-15-6-10-23(11-7-15)21(30)28(22(31)25-23)26-19(29)14-27-12-8-16(9-13-27)20-24-17-4-2-3-5-18(17)32-20/h2-5,15-16H,6-14H2,1H3,(H,25,31)(H,26,29). The van der Waals surface area contributed by atoms with Gasteiger partial charge in [-0.25, -0.2) is 9.78 Å². The van der Waals surface area contributed by atoms with Gasteiger partial charge >= 0.3 is 6.03 Å². The minimum atomic E-state index is -0.841. The fourth-order valence-electron chi connectivity index (χ4n) is 5.08. The second kappa shape index (κ2) is 8.44. The molecule has 5 rings (SSSR count). The van der Waals surface area contributed by atoms with E-state index in [0.29, 0.717) is 24.7 Å². The number of aromatic nitrogens is 1. The molecule has 1 aromatic carbocycles. The number of carbonyl (C=O) groups excluding carboxylic acids is 3. The van der Waals surface area contributed by atoms with Crippen molar-refractivity contribution in [1.82, 2.24) is 25.6 Å². The Morgan fingerprint density at radius 2 is 1.91 bits per heavy atom. The number of urea groups is 1. The van der Waals surface area contributed by atoms with E-state index in [1.807, 2.05) is 18.2 Å². The third-order valence-electron chi connectivity index (χ3n) is 7.14. The predicted octanol–water partition coefficient (Wildman–Crippen LogP) is 3.01. The number of thiazole rings is 1. The molecule has 0 bridgehead atoms. The number of imide groups is 1. The molecule has 2 aromatic rings. The van der Waals surface area contributed by atoms with Gasteiger partial charge in [-0.15, -0.1) is 11.3 Å². The maximum absolute atomic E-state index is 12.9. The molecule has 2 N–H and O–H groups in total. The van der Waals surface area contributed by atoms with Crippen molar-refractivity contribution >= 4 is 39.4 Å². The molecule has 3 aliphatic rings. The Morgan fingerprint density at radius 3 is 2.62 bits per heavy atom. The highest BCUT2D eigenvalue weighted by molar-refractivity contribution is 7.18. The average molecular weight is 456 g/mol. The van der Waals surface area contributed by atoms with Gasteiger partial charge in [-0.3, -0.25) is 19.9 Å². The number of para-hydroxylation sites is 1. The number of hydrogen-bond acceptors (Lipinski definition) is 6. The van der Waals surface area contributed by atoms with Crippen LogP contribution in [0.2, 0.25) is 0 Å². The van der Waals surface area contributed by atoms with E-state index in [4.69, 9.17) is 4.98 Å². The van der Waals surface area contributed by atoms with Gasteiger partial charge in [-0.2, -0.15) is 5.01 Å². The van der Waals surface area contributed by atoms with Crippen molar-refractivity contribution in [2.75, 3.05) is 19.6 Å². The number of likely N-dealkylation sites (tertiary alicyclic amines) is 1. The first-order chi connectivity index (χ1) is 15.4. The average Bonchev–Trinajstić information content (AvgIpc) is 3.32. The fraction of sp³-hybridized carbons (Fsp3) is 0.565. The van der Waals surface area contributed by atoms with E-state index in [1.54, 1.807) is 11.3 Å². The van der Waals surface area contributed by atoms with Gasteiger partial charge in [0.05, 0.1) is 21.8 Å². The number of benzene rings is 1. The van der Waals surface area contributed by atoms with Gasteiger partial charge in [0, 0.05) is 5.92 Å². The largest absolute Gasteiger partial charge is 0.344 e. The molecule has 0 radical (unpaired) electrons. The van der Waals surface area contributed by atoms with Crippen LogP contribution in [0.15, 0.2) is 24.3 Å². The molecule has 4 amide bonds. The number of fused-ring (bicyclic) bond motifs is 1. The highest BCUT2D eigenvalue weighted by Crippen LogP contribution is 2.36. The molecule has 3 fully saturated rings. The van der Waals surface area contributed by atoms with Gasteiger partial charge < -0.3 is 5.32 Å². The number of hydrazine groups is 1. The Balaban J connectivity index is 1.13. The van der Waals surface area contributed by atoms with E-state index < -0.39 is 11.6 Å². The summed E-state index contributed by atoms with van der Waals surface area (Å²) in [5.74, 6) is 0.316. The van der Waals surface area contributed by atoms with Crippen LogP contribution in [-0.2, 0) is 9.59 Å². The van der Waals surface area contributed by atoms with Crippen molar-refractivity contribution in [2.24, 2.45) is 5.92 Å². The summed E-state index contributed by atoms with van der Waals surface area (Å²) >= 11 is 1.75. The second-order valence-corrected chi connectivity index (χ2v) is 10.5. The van der Waals surface area contributed by atoms with Crippen molar-refractivity contribution in [3.63, 3.8) is 0 Å². The monoisotopic (exact) mass is 455 g/mol. The maximum atomic E-state index is 12.9. The third-order valence-corrected chi connectivity index (χ3v) is 8.34. The summed E-state index contributed by atoms with van der Waals surface area (Å²) in [5, 5.41) is 4.90. The summed E-state index contributed by atoms with van der Waals surface area (Å²) in [4.78, 5) is 44.8. The van der Waals surface area contributed by atoms with Crippen molar-refractivity contribution in [3.8, 4) is 0 Å². The van der Waals surface area contributed by atoms with Gasteiger partial charge in [0.1, 0.15) is 5.54 Å². The van der Waals surface area contributed by atoms with Gasteiger partial charge in [0.2, 0.25) is 0 Å². The topological polar surface area (TPSA) is 94.6 Å². The van der Waals surface area contributed by atoms with E-state index in [9.17, 15) is 14.4 Å². The molecule has 0 atom stereocenters. The summed E-state index contributed by atoms with van der Waals surface area (Å²) in [5.41, 5.74) is 2.76. The van der Waals surface area contributed by atoms with Crippen LogP contribution in [0, 0.1) is 5.92 Å². The van der Waals surface area contributed by atoms with Gasteiger partial charge in [-0.05, 0) is 69.7 Å². The molecule has 0 unspecified atom stereocenters. The van der Waals surface area contributed by atoms with Crippen molar-refractivity contribution in [2.45, 2.75) is 56.9 Å². The summed E-state index contributed by atoms with van der Waals surface area (Å²) in [6.07, 6.45) is 4.94. The van der Waals surface area contributed by atoms with E-state index >= 15 is 0 Å². The van der Waals surface area contributed by atoms with Crippen molar-refractivity contribution in [1.29, 1.82) is 0 Å². The van der Waals surface area contributed by atoms with Gasteiger partial charge in [-0.1, -0.05) is 19.1 Å². The summed E-state index contributed by atoms with van der Waals surface area (Å²) in [7, 11) is 0. The highest BCUT2D eigenvalue weighted by Gasteiger charge is 2.52. The Morgan fingerprint density at radius 1 is 1.19 bits per heavy atom. The summed E-state index contributed by atoms with van der Waals surface area (Å²) in [6, 6.07) is 7.67. The number of piperidine rings is 1. The molecule has 8 nitrogen and oxygen atoms in total. The molecule has 3 heterocycles. The Bertz CT molecular complexity index is 1000. The first-order valence-corrected chi connectivity index (χ1v) is 12.3. The zero-order valence-corrected chi connectivity index (χ0v) is 19.1. The number of rotatable bonds is 4. The second-order valence-electron chi connectivity index (χ2n) is 9.44. The molecule has 170 valence electrons. The molecule has 1 spiro atoms. The van der Waals surface area contributed by atoms with E-state index in [2.05, 4.69) is 28.6 Å². The van der Waals surface area contributed by atoms with Crippen molar-refractivity contribution < 1.29 is 14.4 Å². The lowest BCUT2D eigenvalue weighted by molar-refractivity contribution is -0.140. The lowest BCUT2D eigenvalue weighted by atomic mass is 9.77. The van der Waals surface area contributed by atoms with Gasteiger partial charge in [0.25, 0.3) is 11.8 Å². The molecular weight excluding hydrogens is 426 g/mol. The Kier molecular flexibility index (Phi) is 5.63. The maximum Gasteiger partial charge on any atom is 0.344 e. The third kappa shape index (κ3) is 3.99. The first kappa shape index (κ1) is 21.3. The number of hydrogen-bond donors (Lipinski definition) is 2. The number of amides is 4. The molecule has 1 aliphatic carbocycles. The molecule has 2 aliphatic heterocycles. The molecule has 32 heavy (non-hydrogen) atoms.